The molecule has 3 N–H and O–H groups in total. The van der Waals surface area contributed by atoms with Crippen LogP contribution in [0.25, 0.3) is 11.1 Å². The van der Waals surface area contributed by atoms with Gasteiger partial charge in [-0.05, 0) is 55.2 Å². The van der Waals surface area contributed by atoms with Gasteiger partial charge in [0, 0.05) is 24.4 Å². The first-order valence-corrected chi connectivity index (χ1v) is 13.2. The quantitative estimate of drug-likeness (QED) is 0.348. The summed E-state index contributed by atoms with van der Waals surface area (Å²) in [5.74, 6) is -1.44. The number of carbonyl (C=O) groups excluding carboxylic acids is 2. The van der Waals surface area contributed by atoms with Crippen molar-refractivity contribution in [3.05, 3.63) is 88.0 Å². The molecule has 0 saturated carbocycles. The Balaban J connectivity index is 1.66. The molecule has 3 aromatic rings. The third-order valence-electron chi connectivity index (χ3n) is 6.84. The van der Waals surface area contributed by atoms with Gasteiger partial charge in [-0.1, -0.05) is 48.4 Å². The summed E-state index contributed by atoms with van der Waals surface area (Å²) in [6.07, 6.45) is 2.83. The van der Waals surface area contributed by atoms with Gasteiger partial charge in [0.1, 0.15) is 11.5 Å². The van der Waals surface area contributed by atoms with E-state index in [1.165, 1.54) is 19.3 Å². The number of amides is 2. The van der Waals surface area contributed by atoms with Gasteiger partial charge < -0.3 is 16.0 Å². The Kier molecular flexibility index (Phi) is 7.66. The fourth-order valence-corrected chi connectivity index (χ4v) is 5.22. The number of allylic oxidation sites excluding steroid dienone is 2. The maximum absolute atomic E-state index is 13.7. The monoisotopic (exact) mass is 570 g/mol. The van der Waals surface area contributed by atoms with Gasteiger partial charge in [0.2, 0.25) is 0 Å². The van der Waals surface area contributed by atoms with Crippen LogP contribution < -0.4 is 16.0 Å². The minimum atomic E-state index is -4.81. The molecular formula is C28H26ClF3N6O2. The summed E-state index contributed by atoms with van der Waals surface area (Å²) in [6, 6.07) is 9.97. The van der Waals surface area contributed by atoms with Gasteiger partial charge in [0.15, 0.2) is 11.9 Å². The Morgan fingerprint density at radius 2 is 1.85 bits per heavy atom. The molecule has 1 aliphatic carbocycles. The van der Waals surface area contributed by atoms with Gasteiger partial charge in [-0.25, -0.2) is 9.67 Å². The molecule has 1 aromatic carbocycles. The number of aryl methyl sites for hydroxylation is 1. The summed E-state index contributed by atoms with van der Waals surface area (Å²) < 4.78 is 41.9. The number of aromatic nitrogens is 3. The van der Waals surface area contributed by atoms with Crippen LogP contribution in [0.5, 0.6) is 0 Å². The van der Waals surface area contributed by atoms with Crippen molar-refractivity contribution in [3.8, 4) is 11.1 Å². The number of benzene rings is 1. The lowest BCUT2D eigenvalue weighted by atomic mass is 9.91. The average molecular weight is 571 g/mol. The Labute approximate surface area is 233 Å². The summed E-state index contributed by atoms with van der Waals surface area (Å²) in [4.78, 5) is 31.6. The van der Waals surface area contributed by atoms with E-state index in [4.69, 9.17) is 16.6 Å². The van der Waals surface area contributed by atoms with E-state index >= 15 is 0 Å². The maximum Gasteiger partial charge on any atom is 0.435 e. The molecular weight excluding hydrogens is 545 g/mol. The molecule has 0 radical (unpaired) electrons. The molecule has 5 rings (SSSR count). The first-order chi connectivity index (χ1) is 19.2. The fourth-order valence-electron chi connectivity index (χ4n) is 4.99. The number of nitrogens with one attached hydrogen (secondary N) is 3. The van der Waals surface area contributed by atoms with E-state index < -0.39 is 35.5 Å². The van der Waals surface area contributed by atoms with Crippen molar-refractivity contribution in [3.63, 3.8) is 0 Å². The number of fused-ring (bicyclic) bond motifs is 1. The van der Waals surface area contributed by atoms with E-state index in [9.17, 15) is 22.8 Å². The van der Waals surface area contributed by atoms with E-state index in [0.717, 1.165) is 40.8 Å². The summed E-state index contributed by atoms with van der Waals surface area (Å²) in [5, 5.41) is 11.9. The third kappa shape index (κ3) is 5.33. The van der Waals surface area contributed by atoms with Gasteiger partial charge in [-0.2, -0.15) is 18.3 Å². The van der Waals surface area contributed by atoms with Gasteiger partial charge in [-0.3, -0.25) is 9.59 Å². The molecule has 1 unspecified atom stereocenters. The Bertz CT molecular complexity index is 1510. The van der Waals surface area contributed by atoms with E-state index in [-0.39, 0.29) is 16.4 Å². The predicted molar refractivity (Wildman–Crippen MR) is 145 cm³/mol. The van der Waals surface area contributed by atoms with Crippen molar-refractivity contribution in [1.82, 2.24) is 25.4 Å². The van der Waals surface area contributed by atoms with Crippen LogP contribution in [0.3, 0.4) is 0 Å². The lowest BCUT2D eigenvalue weighted by Crippen LogP contribution is -2.30. The SMILES string of the molecule is CNC(=O)c1c(NC(=O)c2cc(C(F)(F)F)nn2C2NC=CC=C2Cl)nc2c(c1-c1ccccc1)CCCCC2. The van der Waals surface area contributed by atoms with Crippen LogP contribution >= 0.6 is 11.6 Å². The van der Waals surface area contributed by atoms with Crippen molar-refractivity contribution < 1.29 is 22.8 Å². The molecule has 0 spiro atoms. The second-order valence-electron chi connectivity index (χ2n) is 9.43. The number of halogens is 4. The maximum atomic E-state index is 13.7. The van der Waals surface area contributed by atoms with Gasteiger partial charge >= 0.3 is 6.18 Å². The standard InChI is InChI=1S/C28H26ClF3N6O2/c1-33-27(40)23-22(16-9-4-2-5-10-16)17-11-6-3-7-13-19(17)35-24(23)36-26(39)20-15-21(28(30,31)32)37-38(20)25-18(29)12-8-14-34-25/h2,4-5,8-10,12,14-15,25,34H,3,6-7,11,13H2,1H3,(H,33,40)(H,35,36,39). The van der Waals surface area contributed by atoms with Crippen LogP contribution in [0.4, 0.5) is 19.0 Å². The van der Waals surface area contributed by atoms with E-state index in [0.29, 0.717) is 24.5 Å². The van der Waals surface area contributed by atoms with Crippen LogP contribution in [-0.4, -0.2) is 33.6 Å². The van der Waals surface area contributed by atoms with Crippen LogP contribution in [0.1, 0.15) is 63.2 Å². The summed E-state index contributed by atoms with van der Waals surface area (Å²) in [5.41, 5.74) is 1.57. The summed E-state index contributed by atoms with van der Waals surface area (Å²) in [6.45, 7) is 0. The zero-order valence-electron chi connectivity index (χ0n) is 21.5. The molecule has 8 nitrogen and oxygen atoms in total. The van der Waals surface area contributed by atoms with Crippen molar-refractivity contribution in [2.24, 2.45) is 0 Å². The largest absolute Gasteiger partial charge is 0.435 e. The van der Waals surface area contributed by atoms with Crippen LogP contribution in [0.2, 0.25) is 0 Å². The molecule has 0 saturated heterocycles. The Morgan fingerprint density at radius 1 is 1.10 bits per heavy atom. The van der Waals surface area contributed by atoms with E-state index in [1.54, 1.807) is 6.08 Å². The number of hydrogen-bond donors (Lipinski definition) is 3. The highest BCUT2D eigenvalue weighted by molar-refractivity contribution is 6.30. The predicted octanol–water partition coefficient (Wildman–Crippen LogP) is 5.58. The van der Waals surface area contributed by atoms with Gasteiger partial charge in [-0.15, -0.1) is 0 Å². The molecule has 2 aromatic heterocycles. The van der Waals surface area contributed by atoms with Crippen molar-refractivity contribution in [1.29, 1.82) is 0 Å². The van der Waals surface area contributed by atoms with Crippen LogP contribution in [0.15, 0.2) is 59.8 Å². The number of alkyl halides is 3. The lowest BCUT2D eigenvalue weighted by Gasteiger charge is -2.23. The first kappa shape index (κ1) is 27.4. The van der Waals surface area contributed by atoms with E-state index in [1.807, 2.05) is 30.3 Å². The number of pyridine rings is 1. The minimum absolute atomic E-state index is 0.0386. The van der Waals surface area contributed by atoms with Crippen molar-refractivity contribution in [2.45, 2.75) is 44.4 Å². The van der Waals surface area contributed by atoms with Gasteiger partial charge in [0.05, 0.1) is 10.6 Å². The summed E-state index contributed by atoms with van der Waals surface area (Å²) >= 11 is 6.25. The number of dihydropyridines is 1. The molecule has 2 amide bonds. The number of rotatable bonds is 5. The van der Waals surface area contributed by atoms with Crippen LogP contribution in [0, 0.1) is 0 Å². The summed E-state index contributed by atoms with van der Waals surface area (Å²) in [7, 11) is 1.47. The highest BCUT2D eigenvalue weighted by Gasteiger charge is 2.38. The van der Waals surface area contributed by atoms with Crippen LogP contribution in [-0.2, 0) is 19.0 Å². The fraction of sp³-hybridized carbons (Fsp3) is 0.286. The normalized spacial score (nSPS) is 16.8. The average Bonchev–Trinajstić information content (AvgIpc) is 3.27. The molecule has 208 valence electrons. The molecule has 12 heteroatoms. The Hall–Kier alpha value is -4.12. The van der Waals surface area contributed by atoms with Crippen molar-refractivity contribution in [2.75, 3.05) is 12.4 Å². The zero-order valence-corrected chi connectivity index (χ0v) is 22.2. The topological polar surface area (TPSA) is 101 Å². The second kappa shape index (κ2) is 11.2. The molecule has 1 aliphatic heterocycles. The first-order valence-electron chi connectivity index (χ1n) is 12.8. The molecule has 2 aliphatic rings. The highest BCUT2D eigenvalue weighted by Crippen LogP contribution is 2.37. The molecule has 0 fully saturated rings. The van der Waals surface area contributed by atoms with Crippen molar-refractivity contribution >= 4 is 29.2 Å². The lowest BCUT2D eigenvalue weighted by molar-refractivity contribution is -0.141. The number of hydrogen-bond acceptors (Lipinski definition) is 5. The molecule has 3 heterocycles. The molecule has 0 bridgehead atoms. The number of anilines is 1. The third-order valence-corrected chi connectivity index (χ3v) is 7.18. The van der Waals surface area contributed by atoms with E-state index in [2.05, 4.69) is 21.0 Å². The highest BCUT2D eigenvalue weighted by atomic mass is 35.5. The zero-order chi connectivity index (χ0) is 28.4. The minimum Gasteiger partial charge on any atom is -0.365 e. The molecule has 1 atom stereocenters. The number of nitrogens with zero attached hydrogens (tertiary/aromatic N) is 3. The molecule has 40 heavy (non-hydrogen) atoms. The smallest absolute Gasteiger partial charge is 0.365 e. The second-order valence-corrected chi connectivity index (χ2v) is 9.87. The van der Waals surface area contributed by atoms with Gasteiger partial charge in [0.25, 0.3) is 11.8 Å². The Morgan fingerprint density at radius 3 is 2.55 bits per heavy atom. The number of carbonyl (C=O) groups is 2.